The van der Waals surface area contributed by atoms with E-state index in [0.29, 0.717) is 6.04 Å². The molecule has 0 radical (unpaired) electrons. The van der Waals surface area contributed by atoms with Crippen LogP contribution >= 0.6 is 0 Å². The Morgan fingerprint density at radius 2 is 1.94 bits per heavy atom. The van der Waals surface area contributed by atoms with E-state index in [4.69, 9.17) is 9.47 Å². The number of nitrogens with zero attached hydrogens (tertiary/aromatic N) is 1. The van der Waals surface area contributed by atoms with Gasteiger partial charge in [-0.15, -0.1) is 0 Å². The lowest BCUT2D eigenvalue weighted by atomic mass is 9.97. The molecule has 162 valence electrons. The standard InChI is InChI=1S/C28H33NO2/c1-30-23-16-14-21(15-17-23)8-6-18-29-19-7-9-22(29)20-31-28-26-12-4-2-10-24(26)25-11-3-5-13-27(25)28/h2-4,10-12,14-17,22,28H,5-9,13,18-20H2,1H3/t22-,28?/m0/s1. The molecule has 0 saturated carbocycles. The molecule has 31 heavy (non-hydrogen) atoms. The van der Waals surface area contributed by atoms with Crippen LogP contribution in [0, 0.1) is 0 Å². The Bertz CT molecular complexity index is 959. The topological polar surface area (TPSA) is 21.7 Å². The average Bonchev–Trinajstić information content (AvgIpc) is 3.40. The van der Waals surface area contributed by atoms with Crippen LogP contribution in [0.4, 0.5) is 0 Å². The second-order valence-corrected chi connectivity index (χ2v) is 8.96. The van der Waals surface area contributed by atoms with Crippen molar-refractivity contribution in [1.29, 1.82) is 0 Å². The van der Waals surface area contributed by atoms with E-state index >= 15 is 0 Å². The van der Waals surface area contributed by atoms with E-state index in [0.717, 1.165) is 38.2 Å². The summed E-state index contributed by atoms with van der Waals surface area (Å²) in [7, 11) is 1.72. The van der Waals surface area contributed by atoms with Gasteiger partial charge in [0.25, 0.3) is 0 Å². The van der Waals surface area contributed by atoms with Crippen LogP contribution in [0.15, 0.2) is 66.3 Å². The molecule has 3 nitrogen and oxygen atoms in total. The fourth-order valence-electron chi connectivity index (χ4n) is 5.43. The molecule has 3 aliphatic rings. The normalized spacial score (nSPS) is 22.6. The summed E-state index contributed by atoms with van der Waals surface area (Å²) in [5, 5.41) is 0. The maximum atomic E-state index is 6.66. The van der Waals surface area contributed by atoms with E-state index in [1.807, 2.05) is 0 Å². The monoisotopic (exact) mass is 415 g/mol. The molecule has 2 atom stereocenters. The predicted octanol–water partition coefficient (Wildman–Crippen LogP) is 5.97. The van der Waals surface area contributed by atoms with Gasteiger partial charge < -0.3 is 9.47 Å². The molecular formula is C28H33NO2. The van der Waals surface area contributed by atoms with Gasteiger partial charge in [-0.25, -0.2) is 0 Å². The van der Waals surface area contributed by atoms with Gasteiger partial charge in [0.05, 0.1) is 13.7 Å². The van der Waals surface area contributed by atoms with Crippen molar-refractivity contribution >= 4 is 5.57 Å². The minimum Gasteiger partial charge on any atom is -0.497 e. The van der Waals surface area contributed by atoms with Gasteiger partial charge in [0.2, 0.25) is 0 Å². The highest BCUT2D eigenvalue weighted by Gasteiger charge is 2.33. The summed E-state index contributed by atoms with van der Waals surface area (Å²) in [5.74, 6) is 0.931. The Hall–Kier alpha value is -2.36. The molecule has 0 bridgehead atoms. The number of ether oxygens (including phenoxy) is 2. The van der Waals surface area contributed by atoms with Crippen molar-refractivity contribution in [2.75, 3.05) is 26.8 Å². The number of allylic oxidation sites excluding steroid dienone is 3. The third kappa shape index (κ3) is 4.35. The summed E-state index contributed by atoms with van der Waals surface area (Å²) in [6.45, 7) is 3.19. The van der Waals surface area contributed by atoms with Crippen molar-refractivity contribution in [2.24, 2.45) is 0 Å². The molecular weight excluding hydrogens is 382 g/mol. The highest BCUT2D eigenvalue weighted by molar-refractivity contribution is 5.84. The molecule has 2 aromatic rings. The number of benzene rings is 2. The number of likely N-dealkylation sites (tertiary alicyclic amines) is 1. The number of methoxy groups -OCH3 is 1. The Kier molecular flexibility index (Phi) is 6.24. The summed E-state index contributed by atoms with van der Waals surface area (Å²) in [5.41, 5.74) is 7.03. The van der Waals surface area contributed by atoms with E-state index in [1.54, 1.807) is 7.11 Å². The first-order chi connectivity index (χ1) is 15.3. The molecule has 0 N–H and O–H groups in total. The highest BCUT2D eigenvalue weighted by Crippen LogP contribution is 2.47. The molecule has 1 aliphatic heterocycles. The van der Waals surface area contributed by atoms with Gasteiger partial charge in [-0.3, -0.25) is 4.90 Å². The van der Waals surface area contributed by atoms with Crippen molar-refractivity contribution in [1.82, 2.24) is 4.90 Å². The summed E-state index contributed by atoms with van der Waals surface area (Å²) >= 11 is 0. The molecule has 0 spiro atoms. The van der Waals surface area contributed by atoms with E-state index < -0.39 is 0 Å². The van der Waals surface area contributed by atoms with Crippen LogP contribution in [-0.4, -0.2) is 37.7 Å². The highest BCUT2D eigenvalue weighted by atomic mass is 16.5. The molecule has 2 aromatic carbocycles. The van der Waals surface area contributed by atoms with E-state index in [2.05, 4.69) is 65.6 Å². The molecule has 3 heteroatoms. The van der Waals surface area contributed by atoms with Gasteiger partial charge in [-0.1, -0.05) is 48.6 Å². The van der Waals surface area contributed by atoms with Crippen LogP contribution in [0.5, 0.6) is 5.75 Å². The molecule has 1 fully saturated rings. The smallest absolute Gasteiger partial charge is 0.118 e. The van der Waals surface area contributed by atoms with Gasteiger partial charge in [0.15, 0.2) is 0 Å². The maximum absolute atomic E-state index is 6.66. The Labute approximate surface area is 186 Å². The lowest BCUT2D eigenvalue weighted by Gasteiger charge is -2.27. The Balaban J connectivity index is 1.17. The van der Waals surface area contributed by atoms with E-state index in [1.165, 1.54) is 53.6 Å². The van der Waals surface area contributed by atoms with Crippen LogP contribution < -0.4 is 4.74 Å². The number of hydrogen-bond donors (Lipinski definition) is 0. The SMILES string of the molecule is COc1ccc(CCCN2CCC[C@H]2COC2C3=C(C=CCC3)c3ccccc32)cc1. The zero-order valence-corrected chi connectivity index (χ0v) is 18.6. The first-order valence-electron chi connectivity index (χ1n) is 11.8. The largest absolute Gasteiger partial charge is 0.497 e. The second-order valence-electron chi connectivity index (χ2n) is 8.96. The maximum Gasteiger partial charge on any atom is 0.118 e. The zero-order chi connectivity index (χ0) is 21.0. The van der Waals surface area contributed by atoms with Crippen LogP contribution in [0.25, 0.3) is 5.57 Å². The molecule has 5 rings (SSSR count). The van der Waals surface area contributed by atoms with Crippen molar-refractivity contribution < 1.29 is 9.47 Å². The number of hydrogen-bond acceptors (Lipinski definition) is 3. The second kappa shape index (κ2) is 9.42. The minimum absolute atomic E-state index is 0.151. The van der Waals surface area contributed by atoms with E-state index in [9.17, 15) is 0 Å². The molecule has 1 heterocycles. The number of aryl methyl sites for hydroxylation is 1. The Morgan fingerprint density at radius 3 is 2.81 bits per heavy atom. The molecule has 0 aromatic heterocycles. The van der Waals surface area contributed by atoms with Crippen molar-refractivity contribution in [3.8, 4) is 5.75 Å². The van der Waals surface area contributed by atoms with Gasteiger partial charge >= 0.3 is 0 Å². The average molecular weight is 416 g/mol. The van der Waals surface area contributed by atoms with Gasteiger partial charge in [-0.05, 0) is 91.6 Å². The van der Waals surface area contributed by atoms with Crippen LogP contribution in [-0.2, 0) is 11.2 Å². The lowest BCUT2D eigenvalue weighted by Crippen LogP contribution is -2.34. The summed E-state index contributed by atoms with van der Waals surface area (Å²) in [6, 6.07) is 17.9. The quantitative estimate of drug-likeness (QED) is 0.530. The minimum atomic E-state index is 0.151. The number of fused-ring (bicyclic) bond motifs is 2. The van der Waals surface area contributed by atoms with Crippen molar-refractivity contribution in [3.05, 3.63) is 82.9 Å². The fraction of sp³-hybridized carbons (Fsp3) is 0.429. The predicted molar refractivity (Wildman–Crippen MR) is 126 cm³/mol. The summed E-state index contributed by atoms with van der Waals surface area (Å²) < 4.78 is 11.9. The summed E-state index contributed by atoms with van der Waals surface area (Å²) in [6.07, 6.45) is 11.9. The van der Waals surface area contributed by atoms with Gasteiger partial charge in [0, 0.05) is 6.04 Å². The molecule has 1 unspecified atom stereocenters. The first-order valence-corrected chi connectivity index (χ1v) is 11.8. The van der Waals surface area contributed by atoms with Crippen molar-refractivity contribution in [2.45, 2.75) is 50.7 Å². The van der Waals surface area contributed by atoms with Crippen LogP contribution in [0.3, 0.4) is 0 Å². The zero-order valence-electron chi connectivity index (χ0n) is 18.6. The first kappa shape index (κ1) is 20.5. The lowest BCUT2D eigenvalue weighted by molar-refractivity contribution is 0.0358. The summed E-state index contributed by atoms with van der Waals surface area (Å²) in [4.78, 5) is 2.65. The Morgan fingerprint density at radius 1 is 1.06 bits per heavy atom. The van der Waals surface area contributed by atoms with Crippen molar-refractivity contribution in [3.63, 3.8) is 0 Å². The number of rotatable bonds is 8. The van der Waals surface area contributed by atoms with Gasteiger partial charge in [0.1, 0.15) is 11.9 Å². The van der Waals surface area contributed by atoms with Crippen LogP contribution in [0.1, 0.15) is 54.9 Å². The third-order valence-corrected chi connectivity index (χ3v) is 7.08. The fourth-order valence-corrected chi connectivity index (χ4v) is 5.43. The third-order valence-electron chi connectivity index (χ3n) is 7.08. The molecule has 0 amide bonds. The van der Waals surface area contributed by atoms with Crippen LogP contribution in [0.2, 0.25) is 0 Å². The van der Waals surface area contributed by atoms with E-state index in [-0.39, 0.29) is 6.10 Å². The molecule has 1 saturated heterocycles. The van der Waals surface area contributed by atoms with Gasteiger partial charge in [-0.2, -0.15) is 0 Å². The molecule has 2 aliphatic carbocycles.